The Morgan fingerprint density at radius 2 is 1.61 bits per heavy atom. The highest BCUT2D eigenvalue weighted by Crippen LogP contribution is 2.29. The maximum Gasteiger partial charge on any atom is 0.508 e. The summed E-state index contributed by atoms with van der Waals surface area (Å²) in [5.41, 5.74) is 0. The highest BCUT2D eigenvalue weighted by Gasteiger charge is 2.32. The van der Waals surface area contributed by atoms with Crippen molar-refractivity contribution in [2.24, 2.45) is 0 Å². The summed E-state index contributed by atoms with van der Waals surface area (Å²) < 4.78 is 78.7. The molecule has 126 valence electrons. The lowest BCUT2D eigenvalue weighted by Crippen LogP contribution is -2.51. The summed E-state index contributed by atoms with van der Waals surface area (Å²) >= 11 is 0. The van der Waals surface area contributed by atoms with Crippen LogP contribution in [0.1, 0.15) is 6.92 Å². The Morgan fingerprint density at radius 1 is 1.09 bits per heavy atom. The number of halogens is 5. The zero-order valence-corrected chi connectivity index (χ0v) is 11.3. The van der Waals surface area contributed by atoms with Crippen LogP contribution in [0.3, 0.4) is 0 Å². The molecule has 1 aromatic carbocycles. The Kier molecular flexibility index (Phi) is 4.57. The standard InChI is InChI=1S/C12H8F5NO5/c1-3-4(2-21-12(20)22-3)18-11(19)23-10-8(16)6(14)5(13)7(15)9(10)17/h3-4H,2H2,1H3,(H,18,19). The monoisotopic (exact) mass is 341 g/mol. The molecule has 0 spiro atoms. The minimum atomic E-state index is -2.38. The van der Waals surface area contributed by atoms with Crippen LogP contribution in [0.4, 0.5) is 31.5 Å². The molecule has 0 bridgehead atoms. The van der Waals surface area contributed by atoms with Crippen LogP contribution in [-0.4, -0.2) is 31.0 Å². The van der Waals surface area contributed by atoms with Gasteiger partial charge >= 0.3 is 12.2 Å². The largest absolute Gasteiger partial charge is 0.508 e. The van der Waals surface area contributed by atoms with Gasteiger partial charge in [0.05, 0.1) is 0 Å². The van der Waals surface area contributed by atoms with Gasteiger partial charge in [-0.05, 0) is 6.92 Å². The van der Waals surface area contributed by atoms with Crippen molar-refractivity contribution in [1.82, 2.24) is 5.32 Å². The number of hydrogen-bond acceptors (Lipinski definition) is 5. The molecule has 2 rings (SSSR count). The molecule has 1 aliphatic heterocycles. The first-order chi connectivity index (χ1) is 10.7. The van der Waals surface area contributed by atoms with E-state index in [9.17, 15) is 31.5 Å². The summed E-state index contributed by atoms with van der Waals surface area (Å²) in [6.45, 7) is 1.05. The number of ether oxygens (including phenoxy) is 3. The minimum Gasteiger partial charge on any atom is -0.432 e. The second-order valence-corrected chi connectivity index (χ2v) is 4.42. The molecule has 1 saturated heterocycles. The van der Waals surface area contributed by atoms with E-state index in [1.54, 1.807) is 0 Å². The summed E-state index contributed by atoms with van der Waals surface area (Å²) in [4.78, 5) is 22.3. The average molecular weight is 341 g/mol. The fourth-order valence-corrected chi connectivity index (χ4v) is 1.67. The highest BCUT2D eigenvalue weighted by atomic mass is 19.2. The third-order valence-electron chi connectivity index (χ3n) is 2.90. The summed E-state index contributed by atoms with van der Waals surface area (Å²) in [5, 5.41) is 2.01. The summed E-state index contributed by atoms with van der Waals surface area (Å²) in [6.07, 6.45) is -3.37. The van der Waals surface area contributed by atoms with Crippen molar-refractivity contribution in [2.45, 2.75) is 19.1 Å². The number of rotatable bonds is 2. The molecule has 2 atom stereocenters. The predicted molar refractivity (Wildman–Crippen MR) is 61.1 cm³/mol. The molecule has 6 nitrogen and oxygen atoms in total. The van der Waals surface area contributed by atoms with Crippen molar-refractivity contribution in [3.05, 3.63) is 29.1 Å². The van der Waals surface area contributed by atoms with Crippen molar-refractivity contribution < 1.29 is 45.8 Å². The Labute approximate surface area is 125 Å². The van der Waals surface area contributed by atoms with Gasteiger partial charge in [0.2, 0.25) is 34.8 Å². The Morgan fingerprint density at radius 3 is 2.13 bits per heavy atom. The minimum absolute atomic E-state index is 0.327. The molecule has 1 fully saturated rings. The maximum absolute atomic E-state index is 13.3. The fourth-order valence-electron chi connectivity index (χ4n) is 1.67. The zero-order chi connectivity index (χ0) is 17.3. The van der Waals surface area contributed by atoms with Gasteiger partial charge in [-0.25, -0.2) is 22.8 Å². The van der Waals surface area contributed by atoms with E-state index in [4.69, 9.17) is 0 Å². The van der Waals surface area contributed by atoms with Crippen LogP contribution in [0.25, 0.3) is 0 Å². The molecule has 1 amide bonds. The average Bonchev–Trinajstić information content (AvgIpc) is 2.50. The Hall–Kier alpha value is -2.59. The SMILES string of the molecule is CC1OC(=O)OCC1NC(=O)Oc1c(F)c(F)c(F)c(F)c1F. The van der Waals surface area contributed by atoms with E-state index in [2.05, 4.69) is 14.2 Å². The molecule has 1 N–H and O–H groups in total. The van der Waals surface area contributed by atoms with Crippen LogP contribution in [0.5, 0.6) is 5.75 Å². The summed E-state index contributed by atoms with van der Waals surface area (Å²) in [7, 11) is 0. The van der Waals surface area contributed by atoms with Gasteiger partial charge in [0, 0.05) is 0 Å². The normalized spacial score (nSPS) is 20.5. The molecule has 0 aliphatic carbocycles. The van der Waals surface area contributed by atoms with Gasteiger partial charge < -0.3 is 19.5 Å². The van der Waals surface area contributed by atoms with Crippen LogP contribution >= 0.6 is 0 Å². The first-order valence-corrected chi connectivity index (χ1v) is 6.05. The first kappa shape index (κ1) is 16.8. The lowest BCUT2D eigenvalue weighted by molar-refractivity contribution is -0.0346. The van der Waals surface area contributed by atoms with E-state index in [1.807, 2.05) is 5.32 Å². The van der Waals surface area contributed by atoms with Gasteiger partial charge in [-0.15, -0.1) is 0 Å². The molecular formula is C12H8F5NO5. The second-order valence-electron chi connectivity index (χ2n) is 4.42. The number of cyclic esters (lactones) is 2. The molecule has 1 heterocycles. The van der Waals surface area contributed by atoms with E-state index in [1.165, 1.54) is 6.92 Å². The van der Waals surface area contributed by atoms with E-state index < -0.39 is 59.2 Å². The number of carbonyl (C=O) groups excluding carboxylic acids is 2. The number of nitrogens with one attached hydrogen (secondary N) is 1. The van der Waals surface area contributed by atoms with Gasteiger partial charge in [0.1, 0.15) is 18.8 Å². The van der Waals surface area contributed by atoms with Crippen LogP contribution in [0.2, 0.25) is 0 Å². The smallest absolute Gasteiger partial charge is 0.432 e. The lowest BCUT2D eigenvalue weighted by atomic mass is 10.2. The van der Waals surface area contributed by atoms with Crippen molar-refractivity contribution >= 4 is 12.2 Å². The van der Waals surface area contributed by atoms with Crippen LogP contribution in [-0.2, 0) is 9.47 Å². The quantitative estimate of drug-likeness (QED) is 0.387. The number of benzene rings is 1. The molecule has 0 saturated carbocycles. The molecule has 2 unspecified atom stereocenters. The van der Waals surface area contributed by atoms with Crippen LogP contribution < -0.4 is 10.1 Å². The molecule has 23 heavy (non-hydrogen) atoms. The topological polar surface area (TPSA) is 73.9 Å². The Bertz CT molecular complexity index is 639. The van der Waals surface area contributed by atoms with Crippen molar-refractivity contribution in [3.8, 4) is 5.75 Å². The van der Waals surface area contributed by atoms with Gasteiger partial charge in [0.15, 0.2) is 0 Å². The number of hydrogen-bond donors (Lipinski definition) is 1. The van der Waals surface area contributed by atoms with Gasteiger partial charge in [0.25, 0.3) is 0 Å². The lowest BCUT2D eigenvalue weighted by Gasteiger charge is -2.28. The number of amides is 1. The Balaban J connectivity index is 2.14. The number of carbonyl (C=O) groups is 2. The maximum atomic E-state index is 13.3. The van der Waals surface area contributed by atoms with Gasteiger partial charge in [-0.1, -0.05) is 0 Å². The highest BCUT2D eigenvalue weighted by molar-refractivity contribution is 5.71. The molecule has 1 aromatic rings. The van der Waals surface area contributed by atoms with E-state index in [-0.39, 0.29) is 6.61 Å². The molecule has 1 aliphatic rings. The van der Waals surface area contributed by atoms with Crippen molar-refractivity contribution in [1.29, 1.82) is 0 Å². The van der Waals surface area contributed by atoms with Gasteiger partial charge in [-0.2, -0.15) is 8.78 Å². The van der Waals surface area contributed by atoms with Crippen LogP contribution in [0.15, 0.2) is 0 Å². The van der Waals surface area contributed by atoms with E-state index in [0.717, 1.165) is 0 Å². The van der Waals surface area contributed by atoms with Crippen LogP contribution in [0, 0.1) is 29.1 Å². The summed E-state index contributed by atoms with van der Waals surface area (Å²) in [5.74, 6) is -13.2. The predicted octanol–water partition coefficient (Wildman–Crippen LogP) is 2.39. The first-order valence-electron chi connectivity index (χ1n) is 6.05. The van der Waals surface area contributed by atoms with E-state index >= 15 is 0 Å². The molecular weight excluding hydrogens is 333 g/mol. The van der Waals surface area contributed by atoms with Gasteiger partial charge in [-0.3, -0.25) is 0 Å². The molecule has 0 radical (unpaired) electrons. The molecule has 11 heteroatoms. The second kappa shape index (κ2) is 6.26. The third-order valence-corrected chi connectivity index (χ3v) is 2.90. The zero-order valence-electron chi connectivity index (χ0n) is 11.3. The van der Waals surface area contributed by atoms with Crippen molar-refractivity contribution in [2.75, 3.05) is 6.61 Å². The molecule has 0 aromatic heterocycles. The fraction of sp³-hybridized carbons (Fsp3) is 0.333. The third kappa shape index (κ3) is 3.27. The van der Waals surface area contributed by atoms with E-state index in [0.29, 0.717) is 0 Å². The summed E-state index contributed by atoms with van der Waals surface area (Å²) in [6, 6.07) is -0.943. The van der Waals surface area contributed by atoms with Crippen molar-refractivity contribution in [3.63, 3.8) is 0 Å².